The minimum Gasteiger partial charge on any atom is -0.457 e. The van der Waals surface area contributed by atoms with Crippen LogP contribution in [0.5, 0.6) is 23.0 Å². The number of hydrogen-bond donors (Lipinski definition) is 2. The van der Waals surface area contributed by atoms with Gasteiger partial charge in [0.25, 0.3) is 0 Å². The van der Waals surface area contributed by atoms with Crippen LogP contribution >= 0.6 is 0 Å². The molecule has 0 spiro atoms. The lowest BCUT2D eigenvalue weighted by Gasteiger charge is -2.28. The number of anilines is 4. The molecule has 8 atom stereocenters. The molecule has 6 aliphatic rings. The van der Waals surface area contributed by atoms with Crippen molar-refractivity contribution in [2.24, 2.45) is 47.3 Å². The van der Waals surface area contributed by atoms with Gasteiger partial charge in [0.05, 0.1) is 58.7 Å². The largest absolute Gasteiger partial charge is 0.457 e. The Balaban J connectivity index is 0.000000240. The van der Waals surface area contributed by atoms with Crippen molar-refractivity contribution in [1.82, 2.24) is 0 Å². The Bertz CT molecular complexity index is 2220. The lowest BCUT2D eigenvalue weighted by molar-refractivity contribution is -0.154. The molecule has 4 aromatic rings. The third-order valence-corrected chi connectivity index (χ3v) is 12.2. The Labute approximate surface area is 341 Å². The van der Waals surface area contributed by atoms with Crippen LogP contribution in [0.4, 0.5) is 22.7 Å². The summed E-state index contributed by atoms with van der Waals surface area (Å²) in [6.45, 7) is 0. The zero-order chi connectivity index (χ0) is 42.0. The minimum absolute atomic E-state index is 0.147. The number of ether oxygens (including phenoxy) is 4. The van der Waals surface area contributed by atoms with E-state index >= 15 is 0 Å². The summed E-state index contributed by atoms with van der Waals surface area (Å²) >= 11 is 0. The molecule has 4 aliphatic heterocycles. The standard InChI is InChI=1S/C34H28N4O6.C10H8O6/c35-19-1-9-23(10-2-19)43-25-13-5-21(6-14-25)37-31(39)27-17-29-30(18-28(27)32(37)40)34(42)38(33(29)41)22-7-15-26(16-8-22)44-24-11-3-20(36)4-12-24;11-7-3-1-4-6(10(14)16-8(4)12)2-5(3)9(13)15-7/h1-16,27-30H,17-18,35-36H2;3-6H,1-2H2. The number of imide groups is 2. The third-order valence-electron chi connectivity index (χ3n) is 12.2. The van der Waals surface area contributed by atoms with E-state index in [1.54, 1.807) is 97.1 Å². The molecule has 4 heterocycles. The highest BCUT2D eigenvalue weighted by molar-refractivity contribution is 6.25. The van der Waals surface area contributed by atoms with Gasteiger partial charge in [-0.2, -0.15) is 0 Å². The molecule has 4 saturated heterocycles. The lowest BCUT2D eigenvalue weighted by atomic mass is 9.70. The number of nitrogens with zero attached hydrogens (tertiary/aromatic N) is 2. The van der Waals surface area contributed by atoms with Gasteiger partial charge in [-0.1, -0.05) is 0 Å². The molecule has 0 aromatic heterocycles. The van der Waals surface area contributed by atoms with Crippen LogP contribution in [-0.4, -0.2) is 47.5 Å². The Hall–Kier alpha value is -7.36. The van der Waals surface area contributed by atoms with Gasteiger partial charge in [-0.05, 0) is 123 Å². The number of carbonyl (C=O) groups excluding carboxylic acids is 8. The monoisotopic (exact) mass is 812 g/mol. The molecule has 4 amide bonds. The first kappa shape index (κ1) is 38.2. The van der Waals surface area contributed by atoms with Gasteiger partial charge in [-0.15, -0.1) is 0 Å². The molecule has 60 heavy (non-hydrogen) atoms. The predicted octanol–water partition coefficient (Wildman–Crippen LogP) is 4.55. The number of benzene rings is 4. The maximum atomic E-state index is 13.5. The summed E-state index contributed by atoms with van der Waals surface area (Å²) in [5.41, 5.74) is 13.5. The molecule has 2 aliphatic carbocycles. The Morgan fingerprint density at radius 3 is 0.867 bits per heavy atom. The van der Waals surface area contributed by atoms with E-state index in [4.69, 9.17) is 20.9 Å². The van der Waals surface area contributed by atoms with Crippen LogP contribution in [0.25, 0.3) is 0 Å². The van der Waals surface area contributed by atoms with E-state index in [-0.39, 0.29) is 49.3 Å². The minimum atomic E-state index is -0.665. The smallest absolute Gasteiger partial charge is 0.317 e. The molecule has 16 heteroatoms. The normalized spacial score (nSPS) is 27.7. The van der Waals surface area contributed by atoms with Crippen molar-refractivity contribution in [3.05, 3.63) is 97.1 Å². The van der Waals surface area contributed by atoms with Crippen molar-refractivity contribution in [2.45, 2.75) is 25.7 Å². The molecule has 6 fully saturated rings. The number of fused-ring (bicyclic) bond motifs is 4. The van der Waals surface area contributed by atoms with Crippen molar-refractivity contribution >= 4 is 70.3 Å². The van der Waals surface area contributed by atoms with Crippen LogP contribution < -0.4 is 30.7 Å². The molecular weight excluding hydrogens is 777 g/mol. The zero-order valence-electron chi connectivity index (χ0n) is 31.6. The first-order valence-electron chi connectivity index (χ1n) is 19.4. The van der Waals surface area contributed by atoms with Crippen LogP contribution in [0.2, 0.25) is 0 Å². The first-order valence-corrected chi connectivity index (χ1v) is 19.4. The van der Waals surface area contributed by atoms with E-state index in [1.165, 1.54) is 9.80 Å². The summed E-state index contributed by atoms with van der Waals surface area (Å²) in [4.78, 5) is 102. The SMILES string of the molecule is Nc1ccc(Oc2ccc(N3C(=O)C4CC5C(=O)N(c6ccc(Oc7ccc(N)cc7)cc6)C(=O)C5CC4C3=O)cc2)cc1.O=C1OC(=O)C2CC3C(=O)OC(=O)C3CC12. The number of rotatable bonds is 6. The van der Waals surface area contributed by atoms with E-state index in [2.05, 4.69) is 9.47 Å². The number of carbonyl (C=O) groups is 8. The van der Waals surface area contributed by atoms with Crippen LogP contribution in [0.1, 0.15) is 25.7 Å². The summed E-state index contributed by atoms with van der Waals surface area (Å²) in [7, 11) is 0. The molecule has 16 nitrogen and oxygen atoms in total. The Morgan fingerprint density at radius 2 is 0.600 bits per heavy atom. The van der Waals surface area contributed by atoms with Gasteiger partial charge in [-0.3, -0.25) is 48.2 Å². The highest BCUT2D eigenvalue weighted by Gasteiger charge is 2.60. The van der Waals surface area contributed by atoms with Crippen molar-refractivity contribution in [3.63, 3.8) is 0 Å². The molecule has 0 radical (unpaired) electrons. The fourth-order valence-electron chi connectivity index (χ4n) is 9.10. The summed E-state index contributed by atoms with van der Waals surface area (Å²) in [6.07, 6.45) is 0.664. The van der Waals surface area contributed by atoms with Gasteiger partial charge in [-0.25, -0.2) is 0 Å². The van der Waals surface area contributed by atoms with Crippen molar-refractivity contribution in [1.29, 1.82) is 0 Å². The maximum absolute atomic E-state index is 13.5. The lowest BCUT2D eigenvalue weighted by Crippen LogP contribution is -2.35. The van der Waals surface area contributed by atoms with E-state index in [0.717, 1.165) is 0 Å². The highest BCUT2D eigenvalue weighted by Crippen LogP contribution is 2.50. The van der Waals surface area contributed by atoms with E-state index in [0.29, 0.717) is 45.7 Å². The van der Waals surface area contributed by atoms with Crippen LogP contribution in [0.3, 0.4) is 0 Å². The highest BCUT2D eigenvalue weighted by atomic mass is 16.6. The summed E-state index contributed by atoms with van der Waals surface area (Å²) in [5, 5.41) is 0. The number of nitrogens with two attached hydrogens (primary N) is 2. The Kier molecular flexibility index (Phi) is 9.41. The van der Waals surface area contributed by atoms with E-state index in [9.17, 15) is 38.4 Å². The predicted molar refractivity (Wildman–Crippen MR) is 208 cm³/mol. The fourth-order valence-corrected chi connectivity index (χ4v) is 9.10. The van der Waals surface area contributed by atoms with Gasteiger partial charge in [0.2, 0.25) is 23.6 Å². The second kappa shape index (κ2) is 14.8. The summed E-state index contributed by atoms with van der Waals surface area (Å²) < 4.78 is 20.6. The van der Waals surface area contributed by atoms with E-state index in [1.807, 2.05) is 0 Å². The van der Waals surface area contributed by atoms with Gasteiger partial charge >= 0.3 is 23.9 Å². The topological polar surface area (TPSA) is 232 Å². The number of nitrogen functional groups attached to an aromatic ring is 2. The molecule has 304 valence electrons. The van der Waals surface area contributed by atoms with Crippen LogP contribution in [-0.2, 0) is 47.8 Å². The fraction of sp³-hybridized carbons (Fsp3) is 0.273. The van der Waals surface area contributed by atoms with Gasteiger partial charge in [0, 0.05) is 11.4 Å². The Morgan fingerprint density at radius 1 is 0.367 bits per heavy atom. The van der Waals surface area contributed by atoms with Gasteiger partial charge in [0.1, 0.15) is 23.0 Å². The number of hydrogen-bond acceptors (Lipinski definition) is 14. The molecule has 4 N–H and O–H groups in total. The van der Waals surface area contributed by atoms with Gasteiger partial charge < -0.3 is 30.4 Å². The number of esters is 4. The van der Waals surface area contributed by atoms with Crippen LogP contribution in [0.15, 0.2) is 97.1 Å². The first-order chi connectivity index (χ1) is 28.8. The van der Waals surface area contributed by atoms with Crippen molar-refractivity contribution < 1.29 is 57.3 Å². The third kappa shape index (κ3) is 6.68. The molecule has 4 aromatic carbocycles. The average Bonchev–Trinajstić information content (AvgIpc) is 3.87. The second-order valence-electron chi connectivity index (χ2n) is 15.6. The van der Waals surface area contributed by atoms with Crippen molar-refractivity contribution in [2.75, 3.05) is 21.3 Å². The summed E-state index contributed by atoms with van der Waals surface area (Å²) in [6, 6.07) is 27.2. The number of amides is 4. The zero-order valence-corrected chi connectivity index (χ0v) is 31.6. The quantitative estimate of drug-likeness (QED) is 0.118. The van der Waals surface area contributed by atoms with Crippen LogP contribution in [0, 0.1) is 47.3 Å². The maximum Gasteiger partial charge on any atom is 0.317 e. The van der Waals surface area contributed by atoms with Gasteiger partial charge in [0.15, 0.2) is 0 Å². The van der Waals surface area contributed by atoms with Crippen molar-refractivity contribution in [3.8, 4) is 23.0 Å². The van der Waals surface area contributed by atoms with E-state index < -0.39 is 71.2 Å². The second-order valence-corrected chi connectivity index (χ2v) is 15.6. The molecule has 2 saturated carbocycles. The molecular formula is C44H36N4O12. The molecule has 0 bridgehead atoms. The molecule has 8 unspecified atom stereocenters. The average molecular weight is 813 g/mol. The number of cyclic esters (lactones) is 4. The summed E-state index contributed by atoms with van der Waals surface area (Å²) in [5.74, 6) is -6.44. The molecule has 10 rings (SSSR count).